The lowest BCUT2D eigenvalue weighted by Gasteiger charge is -2.26. The monoisotopic (exact) mass is 283 g/mol. The first-order valence-electron chi connectivity index (χ1n) is 5.21. The summed E-state index contributed by atoms with van der Waals surface area (Å²) in [7, 11) is 0.945. The quantitative estimate of drug-likeness (QED) is 0.524. The highest BCUT2D eigenvalue weighted by atomic mass is 19.2. The fourth-order valence-electron chi connectivity index (χ4n) is 1.67. The van der Waals surface area contributed by atoms with E-state index in [1.165, 1.54) is 6.92 Å². The summed E-state index contributed by atoms with van der Waals surface area (Å²) in [6.45, 7) is 1.40. The molecule has 8 heteroatoms. The smallest absolute Gasteiger partial charge is 0.326 e. The number of nitrogens with zero attached hydrogens (tertiary/aromatic N) is 1. The minimum Gasteiger partial charge on any atom is -0.480 e. The van der Waals surface area contributed by atoms with E-state index in [4.69, 9.17) is 5.11 Å². The summed E-state index contributed by atoms with van der Waals surface area (Å²) in [6.07, 6.45) is -0.0780. The lowest BCUT2D eigenvalue weighted by Crippen LogP contribution is -2.39. The molecule has 0 heterocycles. The molecule has 0 aliphatic carbocycles. The van der Waals surface area contributed by atoms with Crippen LogP contribution in [0.5, 0.6) is 0 Å². The number of carbonyl (C=O) groups is 1. The minimum atomic E-state index is -2.28. The Morgan fingerprint density at radius 1 is 1.05 bits per heavy atom. The van der Waals surface area contributed by atoms with Gasteiger partial charge in [0.15, 0.2) is 23.3 Å². The molecular weight excluding hydrogens is 273 g/mol. The molecule has 0 fully saturated rings. The van der Waals surface area contributed by atoms with E-state index in [0.717, 1.165) is 7.05 Å². The highest BCUT2D eigenvalue weighted by Gasteiger charge is 2.32. The van der Waals surface area contributed by atoms with Crippen molar-refractivity contribution >= 4 is 11.7 Å². The van der Waals surface area contributed by atoms with Gasteiger partial charge in [0.05, 0.1) is 0 Å². The number of hydrogen-bond donors (Lipinski definition) is 1. The normalized spacial score (nSPS) is 12.4. The fourth-order valence-corrected chi connectivity index (χ4v) is 1.67. The predicted molar refractivity (Wildman–Crippen MR) is 56.3 cm³/mol. The average Bonchev–Trinajstić information content (AvgIpc) is 2.34. The van der Waals surface area contributed by atoms with Crippen LogP contribution in [0.3, 0.4) is 0 Å². The predicted octanol–water partition coefficient (Wildman–Crippen LogP) is 2.68. The van der Waals surface area contributed by atoms with Gasteiger partial charge in [0.25, 0.3) is 0 Å². The molecule has 0 amide bonds. The van der Waals surface area contributed by atoms with Crippen LogP contribution in [0.15, 0.2) is 0 Å². The van der Waals surface area contributed by atoms with Crippen molar-refractivity contribution in [2.24, 2.45) is 0 Å². The molecule has 1 unspecified atom stereocenters. The molecule has 1 rings (SSSR count). The molecule has 1 aromatic carbocycles. The Morgan fingerprint density at radius 3 is 1.74 bits per heavy atom. The largest absolute Gasteiger partial charge is 0.480 e. The van der Waals surface area contributed by atoms with Crippen LogP contribution in [-0.2, 0) is 4.79 Å². The SMILES string of the molecule is CCC(C(=O)O)N(C)c1c(F)c(F)c(F)c(F)c1F. The summed E-state index contributed by atoms with van der Waals surface area (Å²) in [5, 5.41) is 8.83. The van der Waals surface area contributed by atoms with E-state index in [2.05, 4.69) is 0 Å². The molecule has 0 saturated heterocycles. The van der Waals surface area contributed by atoms with Crippen LogP contribution in [0.2, 0.25) is 0 Å². The van der Waals surface area contributed by atoms with Crippen LogP contribution in [0.25, 0.3) is 0 Å². The Balaban J connectivity index is 3.47. The number of carboxylic acid groups (broad SMARTS) is 1. The molecule has 0 spiro atoms. The van der Waals surface area contributed by atoms with E-state index in [1.807, 2.05) is 0 Å². The number of carboxylic acids is 1. The third-order valence-electron chi connectivity index (χ3n) is 2.68. The molecule has 0 bridgehead atoms. The summed E-state index contributed by atoms with van der Waals surface area (Å²) in [5.74, 6) is -12.1. The Kier molecular flexibility index (Phi) is 4.33. The van der Waals surface area contributed by atoms with Gasteiger partial charge in [-0.1, -0.05) is 6.92 Å². The third-order valence-corrected chi connectivity index (χ3v) is 2.68. The van der Waals surface area contributed by atoms with Crippen LogP contribution in [0.4, 0.5) is 27.6 Å². The van der Waals surface area contributed by atoms with Crippen LogP contribution < -0.4 is 4.90 Å². The third kappa shape index (κ3) is 2.47. The van der Waals surface area contributed by atoms with Crippen molar-refractivity contribution in [2.75, 3.05) is 11.9 Å². The van der Waals surface area contributed by atoms with E-state index in [0.29, 0.717) is 4.90 Å². The van der Waals surface area contributed by atoms with Gasteiger partial charge in [0.1, 0.15) is 11.7 Å². The number of likely N-dealkylation sites (N-methyl/N-ethyl adjacent to an activating group) is 1. The number of hydrogen-bond acceptors (Lipinski definition) is 2. The number of rotatable bonds is 4. The van der Waals surface area contributed by atoms with Gasteiger partial charge in [-0.3, -0.25) is 0 Å². The van der Waals surface area contributed by atoms with Gasteiger partial charge < -0.3 is 10.0 Å². The number of anilines is 1. The van der Waals surface area contributed by atoms with Crippen LogP contribution in [-0.4, -0.2) is 24.2 Å². The van der Waals surface area contributed by atoms with Gasteiger partial charge in [0.2, 0.25) is 5.82 Å². The summed E-state index contributed by atoms with van der Waals surface area (Å²) in [6, 6.07) is -1.41. The lowest BCUT2D eigenvalue weighted by atomic mass is 10.1. The van der Waals surface area contributed by atoms with E-state index >= 15 is 0 Å². The second-order valence-corrected chi connectivity index (χ2v) is 3.79. The zero-order valence-corrected chi connectivity index (χ0v) is 9.98. The van der Waals surface area contributed by atoms with Gasteiger partial charge in [-0.2, -0.15) is 0 Å². The van der Waals surface area contributed by atoms with Crippen molar-refractivity contribution in [3.63, 3.8) is 0 Å². The van der Waals surface area contributed by atoms with Crippen molar-refractivity contribution in [1.29, 1.82) is 0 Å². The molecule has 1 aromatic rings. The topological polar surface area (TPSA) is 40.5 Å². The first-order chi connectivity index (χ1) is 8.73. The average molecular weight is 283 g/mol. The summed E-state index contributed by atoms with van der Waals surface area (Å²) in [4.78, 5) is 11.4. The van der Waals surface area contributed by atoms with E-state index < -0.39 is 46.8 Å². The molecule has 1 N–H and O–H groups in total. The maximum absolute atomic E-state index is 13.5. The van der Waals surface area contributed by atoms with Crippen molar-refractivity contribution in [3.05, 3.63) is 29.1 Å². The van der Waals surface area contributed by atoms with Gasteiger partial charge in [0, 0.05) is 7.05 Å². The van der Waals surface area contributed by atoms with Gasteiger partial charge in [-0.05, 0) is 6.42 Å². The van der Waals surface area contributed by atoms with E-state index in [1.54, 1.807) is 0 Å². The second-order valence-electron chi connectivity index (χ2n) is 3.79. The lowest BCUT2D eigenvalue weighted by molar-refractivity contribution is -0.138. The van der Waals surface area contributed by atoms with Crippen molar-refractivity contribution in [1.82, 2.24) is 0 Å². The molecule has 0 aromatic heterocycles. The molecule has 19 heavy (non-hydrogen) atoms. The van der Waals surface area contributed by atoms with Crippen molar-refractivity contribution in [2.45, 2.75) is 19.4 Å². The Labute approximate surface area is 105 Å². The summed E-state index contributed by atoms with van der Waals surface area (Å²) in [5.41, 5.74) is -1.26. The molecule has 0 aliphatic heterocycles. The number of benzene rings is 1. The molecule has 0 radical (unpaired) electrons. The highest BCUT2D eigenvalue weighted by molar-refractivity contribution is 5.78. The van der Waals surface area contributed by atoms with E-state index in [-0.39, 0.29) is 6.42 Å². The number of halogens is 5. The molecule has 0 saturated carbocycles. The Bertz CT molecular complexity index is 491. The number of aliphatic carboxylic acids is 1. The first kappa shape index (κ1) is 15.2. The molecular formula is C11H10F5NO2. The van der Waals surface area contributed by atoms with Gasteiger partial charge in [-0.25, -0.2) is 26.7 Å². The summed E-state index contributed by atoms with van der Waals surface area (Å²) >= 11 is 0. The van der Waals surface area contributed by atoms with E-state index in [9.17, 15) is 26.7 Å². The molecule has 3 nitrogen and oxygen atoms in total. The Morgan fingerprint density at radius 2 is 1.42 bits per heavy atom. The van der Waals surface area contributed by atoms with Crippen molar-refractivity contribution < 1.29 is 31.9 Å². The maximum atomic E-state index is 13.5. The molecule has 0 aliphatic rings. The molecule has 106 valence electrons. The maximum Gasteiger partial charge on any atom is 0.326 e. The minimum absolute atomic E-state index is 0.0780. The van der Waals surface area contributed by atoms with Crippen LogP contribution in [0.1, 0.15) is 13.3 Å². The first-order valence-corrected chi connectivity index (χ1v) is 5.21. The van der Waals surface area contributed by atoms with Crippen LogP contribution >= 0.6 is 0 Å². The van der Waals surface area contributed by atoms with Crippen molar-refractivity contribution in [3.8, 4) is 0 Å². The molecule has 1 atom stereocenters. The van der Waals surface area contributed by atoms with Crippen LogP contribution in [0, 0.1) is 29.1 Å². The Hall–Kier alpha value is -1.86. The zero-order chi connectivity index (χ0) is 14.9. The standard InChI is InChI=1S/C11H10F5NO2/c1-3-4(11(18)19)17(2)10-8(15)6(13)5(12)7(14)9(10)16/h4H,3H2,1-2H3,(H,18,19). The van der Waals surface area contributed by atoms with Gasteiger partial charge in [-0.15, -0.1) is 0 Å². The second kappa shape index (κ2) is 5.41. The van der Waals surface area contributed by atoms with Gasteiger partial charge >= 0.3 is 5.97 Å². The highest BCUT2D eigenvalue weighted by Crippen LogP contribution is 2.30. The zero-order valence-electron chi connectivity index (χ0n) is 9.98. The fraction of sp³-hybridized carbons (Fsp3) is 0.364. The summed E-state index contributed by atoms with van der Waals surface area (Å²) < 4.78 is 65.7.